The highest BCUT2D eigenvalue weighted by Gasteiger charge is 2.13. The van der Waals surface area contributed by atoms with Gasteiger partial charge < -0.3 is 5.32 Å². The molecule has 1 aromatic carbocycles. The average molecular weight is 348 g/mol. The fourth-order valence-corrected chi connectivity index (χ4v) is 3.00. The molecule has 2 rings (SSSR count). The molecule has 2 aromatic rings. The fourth-order valence-electron chi connectivity index (χ4n) is 2.33. The summed E-state index contributed by atoms with van der Waals surface area (Å²) < 4.78 is 1.03. The summed E-state index contributed by atoms with van der Waals surface area (Å²) in [6.07, 6.45) is 2.02. The lowest BCUT2D eigenvalue weighted by Gasteiger charge is -2.14. The molecule has 1 N–H and O–H groups in total. The molecule has 0 saturated heterocycles. The van der Waals surface area contributed by atoms with Crippen LogP contribution in [0.3, 0.4) is 0 Å². The van der Waals surface area contributed by atoms with Crippen molar-refractivity contribution in [3.8, 4) is 11.4 Å². The first-order valence-electron chi connectivity index (χ1n) is 7.44. The number of nitrogens with zero attached hydrogens (tertiary/aromatic N) is 2. The van der Waals surface area contributed by atoms with E-state index in [1.807, 2.05) is 0 Å². The summed E-state index contributed by atoms with van der Waals surface area (Å²) in [6, 6.07) is 6.26. The van der Waals surface area contributed by atoms with Crippen LogP contribution in [0.25, 0.3) is 11.4 Å². The molecule has 0 aliphatic carbocycles. The number of rotatable bonds is 5. The van der Waals surface area contributed by atoms with Crippen LogP contribution in [0.4, 0.5) is 5.82 Å². The molecule has 21 heavy (non-hydrogen) atoms. The van der Waals surface area contributed by atoms with Gasteiger partial charge in [0.15, 0.2) is 5.82 Å². The highest BCUT2D eigenvalue weighted by molar-refractivity contribution is 9.10. The van der Waals surface area contributed by atoms with E-state index in [1.165, 1.54) is 11.1 Å². The van der Waals surface area contributed by atoms with Crippen molar-refractivity contribution in [1.29, 1.82) is 0 Å². The van der Waals surface area contributed by atoms with E-state index in [4.69, 9.17) is 9.97 Å². The average Bonchev–Trinajstić information content (AvgIpc) is 2.44. The van der Waals surface area contributed by atoms with Gasteiger partial charge in [0.05, 0.1) is 0 Å². The third-order valence-corrected chi connectivity index (χ3v) is 4.13. The largest absolute Gasteiger partial charge is 0.370 e. The zero-order valence-corrected chi connectivity index (χ0v) is 14.7. The zero-order chi connectivity index (χ0) is 15.4. The van der Waals surface area contributed by atoms with E-state index >= 15 is 0 Å². The van der Waals surface area contributed by atoms with Crippen molar-refractivity contribution < 1.29 is 0 Å². The topological polar surface area (TPSA) is 37.8 Å². The minimum absolute atomic E-state index is 0.773. The second-order valence-electron chi connectivity index (χ2n) is 5.22. The van der Waals surface area contributed by atoms with Crippen LogP contribution in [0.5, 0.6) is 0 Å². The molecule has 0 unspecified atom stereocenters. The predicted octanol–water partition coefficient (Wildman–Crippen LogP) is 4.91. The molecule has 0 saturated carbocycles. The number of aromatic nitrogens is 2. The first kappa shape index (κ1) is 16.0. The lowest BCUT2D eigenvalue weighted by atomic mass is 10.1. The maximum Gasteiger partial charge on any atom is 0.162 e. The van der Waals surface area contributed by atoms with Crippen molar-refractivity contribution in [1.82, 2.24) is 9.97 Å². The SMILES string of the molecule is CCCNc1nc(-c2ccc(C)cc2Br)nc(C)c1CC. The maximum absolute atomic E-state index is 4.75. The van der Waals surface area contributed by atoms with Crippen LogP contribution in [-0.4, -0.2) is 16.5 Å². The highest BCUT2D eigenvalue weighted by atomic mass is 79.9. The quantitative estimate of drug-likeness (QED) is 0.834. The normalized spacial score (nSPS) is 10.7. The van der Waals surface area contributed by atoms with Crippen molar-refractivity contribution in [2.24, 2.45) is 0 Å². The lowest BCUT2D eigenvalue weighted by molar-refractivity contribution is 0.938. The molecule has 0 spiro atoms. The highest BCUT2D eigenvalue weighted by Crippen LogP contribution is 2.29. The Balaban J connectivity index is 2.51. The van der Waals surface area contributed by atoms with Crippen LogP contribution in [0.15, 0.2) is 22.7 Å². The first-order chi connectivity index (χ1) is 10.1. The molecule has 0 fully saturated rings. The van der Waals surface area contributed by atoms with Crippen molar-refractivity contribution in [2.75, 3.05) is 11.9 Å². The molecular weight excluding hydrogens is 326 g/mol. The standard InChI is InChI=1S/C17H22BrN3/c1-5-9-19-16-13(6-2)12(4)20-17(21-16)14-8-7-11(3)10-15(14)18/h7-8,10H,5-6,9H2,1-4H3,(H,19,20,21). The van der Waals surface area contributed by atoms with Crippen LogP contribution in [-0.2, 0) is 6.42 Å². The van der Waals surface area contributed by atoms with E-state index in [1.54, 1.807) is 0 Å². The van der Waals surface area contributed by atoms with E-state index in [9.17, 15) is 0 Å². The van der Waals surface area contributed by atoms with E-state index < -0.39 is 0 Å². The molecule has 4 heteroatoms. The number of benzene rings is 1. The molecule has 0 bridgehead atoms. The number of hydrogen-bond donors (Lipinski definition) is 1. The van der Waals surface area contributed by atoms with Gasteiger partial charge in [-0.3, -0.25) is 0 Å². The van der Waals surface area contributed by atoms with Crippen LogP contribution < -0.4 is 5.32 Å². The minimum Gasteiger partial charge on any atom is -0.370 e. The Morgan fingerprint density at radius 1 is 1.14 bits per heavy atom. The molecule has 1 heterocycles. The summed E-state index contributed by atoms with van der Waals surface area (Å²) in [5, 5.41) is 3.43. The summed E-state index contributed by atoms with van der Waals surface area (Å²) in [5.41, 5.74) is 4.51. The van der Waals surface area contributed by atoms with E-state index in [2.05, 4.69) is 67.1 Å². The fraction of sp³-hybridized carbons (Fsp3) is 0.412. The number of aryl methyl sites for hydroxylation is 2. The molecule has 0 aliphatic rings. The third kappa shape index (κ3) is 3.62. The third-order valence-electron chi connectivity index (χ3n) is 3.48. The summed E-state index contributed by atoms with van der Waals surface area (Å²) in [7, 11) is 0. The molecule has 0 amide bonds. The number of hydrogen-bond acceptors (Lipinski definition) is 3. The van der Waals surface area contributed by atoms with Crippen LogP contribution in [0.1, 0.15) is 37.1 Å². The summed E-state index contributed by atoms with van der Waals surface area (Å²) in [6.45, 7) is 9.37. The van der Waals surface area contributed by atoms with Crippen molar-refractivity contribution in [3.63, 3.8) is 0 Å². The lowest BCUT2D eigenvalue weighted by Crippen LogP contribution is -2.09. The molecule has 0 aliphatic heterocycles. The van der Waals surface area contributed by atoms with Gasteiger partial charge in [0.1, 0.15) is 5.82 Å². The van der Waals surface area contributed by atoms with Gasteiger partial charge in [0.2, 0.25) is 0 Å². The van der Waals surface area contributed by atoms with Crippen LogP contribution >= 0.6 is 15.9 Å². The van der Waals surface area contributed by atoms with E-state index in [0.29, 0.717) is 0 Å². The van der Waals surface area contributed by atoms with Gasteiger partial charge in [-0.25, -0.2) is 9.97 Å². The smallest absolute Gasteiger partial charge is 0.162 e. The van der Waals surface area contributed by atoms with Gasteiger partial charge in [-0.05, 0) is 44.4 Å². The number of nitrogens with one attached hydrogen (secondary N) is 1. The Labute approximate surface area is 135 Å². The first-order valence-corrected chi connectivity index (χ1v) is 8.24. The summed E-state index contributed by atoms with van der Waals surface area (Å²) >= 11 is 3.62. The Bertz CT molecular complexity index is 638. The van der Waals surface area contributed by atoms with Crippen molar-refractivity contribution in [3.05, 3.63) is 39.5 Å². The molecule has 0 atom stereocenters. The number of anilines is 1. The van der Waals surface area contributed by atoms with Gasteiger partial charge in [0.25, 0.3) is 0 Å². The molecule has 3 nitrogen and oxygen atoms in total. The Hall–Kier alpha value is -1.42. The van der Waals surface area contributed by atoms with Crippen LogP contribution in [0.2, 0.25) is 0 Å². The minimum atomic E-state index is 0.773. The van der Waals surface area contributed by atoms with E-state index in [-0.39, 0.29) is 0 Å². The van der Waals surface area contributed by atoms with Gasteiger partial charge in [-0.15, -0.1) is 0 Å². The summed E-state index contributed by atoms with van der Waals surface area (Å²) in [4.78, 5) is 9.44. The second-order valence-corrected chi connectivity index (χ2v) is 6.08. The van der Waals surface area contributed by atoms with Gasteiger partial charge in [-0.1, -0.05) is 35.8 Å². The zero-order valence-electron chi connectivity index (χ0n) is 13.1. The Morgan fingerprint density at radius 3 is 2.52 bits per heavy atom. The van der Waals surface area contributed by atoms with Gasteiger partial charge >= 0.3 is 0 Å². The molecule has 0 radical (unpaired) electrons. The maximum atomic E-state index is 4.75. The van der Waals surface area contributed by atoms with E-state index in [0.717, 1.165) is 46.8 Å². The number of halogens is 1. The Kier molecular flexibility index (Phi) is 5.34. The monoisotopic (exact) mass is 347 g/mol. The molecule has 1 aromatic heterocycles. The molecule has 112 valence electrons. The predicted molar refractivity (Wildman–Crippen MR) is 92.8 cm³/mol. The Morgan fingerprint density at radius 2 is 1.90 bits per heavy atom. The van der Waals surface area contributed by atoms with Crippen LogP contribution in [0, 0.1) is 13.8 Å². The molecular formula is C17H22BrN3. The van der Waals surface area contributed by atoms with Gasteiger partial charge in [0, 0.05) is 27.8 Å². The van der Waals surface area contributed by atoms with Gasteiger partial charge in [-0.2, -0.15) is 0 Å². The van der Waals surface area contributed by atoms with Crippen molar-refractivity contribution >= 4 is 21.7 Å². The second kappa shape index (κ2) is 7.03. The van der Waals surface area contributed by atoms with Crippen molar-refractivity contribution in [2.45, 2.75) is 40.5 Å². The summed E-state index contributed by atoms with van der Waals surface area (Å²) in [5.74, 6) is 1.74.